The molecule has 0 bridgehead atoms. The smallest absolute Gasteiger partial charge is 0.407 e. The van der Waals surface area contributed by atoms with Crippen LogP contribution in [0.3, 0.4) is 0 Å². The largest absolute Gasteiger partial charge is 0.444 e. The minimum absolute atomic E-state index is 0.155. The summed E-state index contributed by atoms with van der Waals surface area (Å²) in [7, 11) is 0. The van der Waals surface area contributed by atoms with Gasteiger partial charge in [-0.3, -0.25) is 0 Å². The molecule has 0 spiro atoms. The lowest BCUT2D eigenvalue weighted by Gasteiger charge is -2.20. The zero-order chi connectivity index (χ0) is 14.9. The Kier molecular flexibility index (Phi) is 4.62. The van der Waals surface area contributed by atoms with E-state index in [2.05, 4.69) is 17.6 Å². The molecule has 2 N–H and O–H groups in total. The van der Waals surface area contributed by atoms with E-state index in [-0.39, 0.29) is 18.2 Å². The van der Waals surface area contributed by atoms with E-state index in [0.717, 1.165) is 10.8 Å². The molecule has 1 aromatic heterocycles. The highest BCUT2D eigenvalue weighted by Crippen LogP contribution is 2.30. The summed E-state index contributed by atoms with van der Waals surface area (Å²) in [5, 5.41) is 6.36. The number of amides is 1. The van der Waals surface area contributed by atoms with Crippen molar-refractivity contribution in [2.75, 3.05) is 0 Å². The van der Waals surface area contributed by atoms with E-state index in [4.69, 9.17) is 16.3 Å². The van der Waals surface area contributed by atoms with Crippen LogP contribution >= 0.6 is 22.9 Å². The van der Waals surface area contributed by atoms with Crippen LogP contribution in [0.4, 0.5) is 4.79 Å². The molecule has 0 saturated heterocycles. The van der Waals surface area contributed by atoms with Gasteiger partial charge < -0.3 is 15.4 Å². The first-order valence-corrected chi connectivity index (χ1v) is 7.95. The number of carbonyl (C=O) groups is 1. The van der Waals surface area contributed by atoms with E-state index >= 15 is 0 Å². The van der Waals surface area contributed by atoms with E-state index in [0.29, 0.717) is 6.04 Å². The van der Waals surface area contributed by atoms with Gasteiger partial charge in [-0.2, -0.15) is 0 Å². The van der Waals surface area contributed by atoms with Crippen molar-refractivity contribution in [2.45, 2.75) is 57.8 Å². The van der Waals surface area contributed by atoms with Crippen molar-refractivity contribution in [3.05, 3.63) is 21.3 Å². The van der Waals surface area contributed by atoms with Crippen LogP contribution in [-0.2, 0) is 4.74 Å². The van der Waals surface area contributed by atoms with Gasteiger partial charge in [-0.05, 0) is 46.2 Å². The first-order chi connectivity index (χ1) is 9.24. The van der Waals surface area contributed by atoms with Crippen LogP contribution in [0.15, 0.2) is 12.1 Å². The molecule has 1 amide bonds. The second-order valence-corrected chi connectivity index (χ2v) is 7.87. The molecular formula is C14H21ClN2O2S. The van der Waals surface area contributed by atoms with Gasteiger partial charge in [0.25, 0.3) is 0 Å². The lowest BCUT2D eigenvalue weighted by atomic mass is 10.2. The Bertz CT molecular complexity index is 484. The van der Waals surface area contributed by atoms with Gasteiger partial charge in [0.1, 0.15) is 5.60 Å². The summed E-state index contributed by atoms with van der Waals surface area (Å²) >= 11 is 7.51. The second kappa shape index (κ2) is 5.92. The second-order valence-electron chi connectivity index (χ2n) is 6.13. The molecule has 1 aliphatic rings. The van der Waals surface area contributed by atoms with Crippen LogP contribution in [-0.4, -0.2) is 23.8 Å². The molecule has 1 saturated carbocycles. The molecule has 6 heteroatoms. The van der Waals surface area contributed by atoms with Crippen LogP contribution < -0.4 is 10.6 Å². The topological polar surface area (TPSA) is 50.4 Å². The average molecular weight is 317 g/mol. The maximum atomic E-state index is 11.6. The maximum Gasteiger partial charge on any atom is 0.407 e. The number of rotatable bonds is 4. The third-order valence-corrected chi connectivity index (χ3v) is 4.39. The molecule has 4 nitrogen and oxygen atoms in total. The van der Waals surface area contributed by atoms with Gasteiger partial charge in [-0.15, -0.1) is 11.3 Å². The number of ether oxygens (including phenoxy) is 1. The Morgan fingerprint density at radius 1 is 1.45 bits per heavy atom. The molecule has 112 valence electrons. The summed E-state index contributed by atoms with van der Waals surface area (Å²) in [6, 6.07) is 4.64. The molecule has 1 aromatic rings. The fraction of sp³-hybridized carbons (Fsp3) is 0.643. The molecule has 3 atom stereocenters. The van der Waals surface area contributed by atoms with Crippen molar-refractivity contribution in [3.63, 3.8) is 0 Å². The molecule has 2 rings (SSSR count). The fourth-order valence-electron chi connectivity index (χ4n) is 1.96. The summed E-state index contributed by atoms with van der Waals surface area (Å²) in [4.78, 5) is 12.8. The van der Waals surface area contributed by atoms with E-state index in [1.54, 1.807) is 11.3 Å². The molecular weight excluding hydrogens is 296 g/mol. The molecule has 1 aliphatic carbocycles. The number of hydrogen-bond donors (Lipinski definition) is 2. The van der Waals surface area contributed by atoms with Gasteiger partial charge >= 0.3 is 6.09 Å². The third kappa shape index (κ3) is 4.65. The number of nitrogens with one attached hydrogen (secondary N) is 2. The zero-order valence-corrected chi connectivity index (χ0v) is 13.8. The van der Waals surface area contributed by atoms with Crippen molar-refractivity contribution in [1.82, 2.24) is 10.6 Å². The summed E-state index contributed by atoms with van der Waals surface area (Å²) in [5.41, 5.74) is -0.455. The summed E-state index contributed by atoms with van der Waals surface area (Å²) in [5.74, 6) is 0. The number of halogens is 1. The summed E-state index contributed by atoms with van der Waals surface area (Å²) in [6.45, 7) is 7.68. The van der Waals surface area contributed by atoms with Gasteiger partial charge in [-0.25, -0.2) is 4.79 Å². The van der Waals surface area contributed by atoms with Crippen molar-refractivity contribution >= 4 is 29.0 Å². The van der Waals surface area contributed by atoms with E-state index in [1.165, 1.54) is 4.88 Å². The molecule has 1 fully saturated rings. The monoisotopic (exact) mass is 316 g/mol. The van der Waals surface area contributed by atoms with Crippen molar-refractivity contribution < 1.29 is 9.53 Å². The number of hydrogen-bond acceptors (Lipinski definition) is 4. The van der Waals surface area contributed by atoms with Crippen LogP contribution in [0.1, 0.15) is 45.0 Å². The fourth-order valence-corrected chi connectivity index (χ4v) is 3.03. The Labute approximate surface area is 128 Å². The highest BCUT2D eigenvalue weighted by molar-refractivity contribution is 7.16. The first-order valence-electron chi connectivity index (χ1n) is 6.75. The summed E-state index contributed by atoms with van der Waals surface area (Å²) < 4.78 is 6.04. The van der Waals surface area contributed by atoms with Gasteiger partial charge in [0.2, 0.25) is 0 Å². The highest BCUT2D eigenvalue weighted by atomic mass is 35.5. The van der Waals surface area contributed by atoms with Crippen LogP contribution in [0.2, 0.25) is 4.34 Å². The molecule has 1 heterocycles. The summed E-state index contributed by atoms with van der Waals surface area (Å²) in [6.07, 6.45) is 0.585. The highest BCUT2D eigenvalue weighted by Gasteiger charge is 2.40. The van der Waals surface area contributed by atoms with Crippen molar-refractivity contribution in [1.29, 1.82) is 0 Å². The standard InChI is InChI=1S/C14H21ClN2O2S/c1-8(11-5-6-12(15)20-11)16-9-7-10(9)17-13(18)19-14(2,3)4/h5-6,8-10,16H,7H2,1-4H3,(H,17,18). The van der Waals surface area contributed by atoms with E-state index in [9.17, 15) is 4.79 Å². The van der Waals surface area contributed by atoms with Crippen LogP contribution in [0.25, 0.3) is 0 Å². The Balaban J connectivity index is 1.74. The third-order valence-electron chi connectivity index (χ3n) is 2.98. The Morgan fingerprint density at radius 2 is 2.15 bits per heavy atom. The Morgan fingerprint density at radius 3 is 2.70 bits per heavy atom. The van der Waals surface area contributed by atoms with Crippen molar-refractivity contribution in [3.8, 4) is 0 Å². The lowest BCUT2D eigenvalue weighted by molar-refractivity contribution is 0.0522. The van der Waals surface area contributed by atoms with Gasteiger partial charge in [0, 0.05) is 23.0 Å². The zero-order valence-electron chi connectivity index (χ0n) is 12.2. The van der Waals surface area contributed by atoms with Gasteiger partial charge in [-0.1, -0.05) is 11.6 Å². The number of thiophene rings is 1. The minimum Gasteiger partial charge on any atom is -0.444 e. The maximum absolute atomic E-state index is 11.6. The predicted octanol–water partition coefficient (Wildman–Crippen LogP) is 3.72. The van der Waals surface area contributed by atoms with Crippen LogP contribution in [0.5, 0.6) is 0 Å². The number of alkyl carbamates (subject to hydrolysis) is 1. The lowest BCUT2D eigenvalue weighted by Crippen LogP contribution is -2.37. The predicted molar refractivity (Wildman–Crippen MR) is 82.4 cm³/mol. The van der Waals surface area contributed by atoms with E-state index in [1.807, 2.05) is 32.9 Å². The average Bonchev–Trinajstić information content (AvgIpc) is 2.83. The molecule has 20 heavy (non-hydrogen) atoms. The minimum atomic E-state index is -0.455. The van der Waals surface area contributed by atoms with Gasteiger partial charge in [0.15, 0.2) is 0 Å². The molecule has 3 unspecified atom stereocenters. The number of carbonyl (C=O) groups excluding carboxylic acids is 1. The normalized spacial score (nSPS) is 23.2. The van der Waals surface area contributed by atoms with E-state index < -0.39 is 5.60 Å². The quantitative estimate of drug-likeness (QED) is 0.890. The SMILES string of the molecule is CC(NC1CC1NC(=O)OC(C)(C)C)c1ccc(Cl)s1. The molecule has 0 radical (unpaired) electrons. The Hall–Kier alpha value is -0.780. The first kappa shape index (κ1) is 15.6. The van der Waals surface area contributed by atoms with Crippen LogP contribution in [0, 0.1) is 0 Å². The molecule has 0 aromatic carbocycles. The molecule has 0 aliphatic heterocycles. The van der Waals surface area contributed by atoms with Crippen molar-refractivity contribution in [2.24, 2.45) is 0 Å². The van der Waals surface area contributed by atoms with Gasteiger partial charge in [0.05, 0.1) is 4.34 Å².